The van der Waals surface area contributed by atoms with Gasteiger partial charge in [0.15, 0.2) is 12.6 Å². The first-order chi connectivity index (χ1) is 15.2. The SMILES string of the molecule is COC[C@H]1O[C@@H](O[C@H]2[C@H](O)[C@@H](O)[C@@H](O[C@H]3[C@H](O)CN[C@@H]3CO)O[C@@H]2CO)[C@H](O)[C@@H](O)[C@@H]1O. The van der Waals surface area contributed by atoms with Crippen LogP contribution in [0.3, 0.4) is 0 Å². The quantitative estimate of drug-likeness (QED) is 0.161. The van der Waals surface area contributed by atoms with E-state index in [4.69, 9.17) is 23.7 Å². The smallest absolute Gasteiger partial charge is 0.187 e. The largest absolute Gasteiger partial charge is 0.395 e. The van der Waals surface area contributed by atoms with Crippen LogP contribution in [0.2, 0.25) is 0 Å². The summed E-state index contributed by atoms with van der Waals surface area (Å²) in [7, 11) is 1.35. The van der Waals surface area contributed by atoms with Gasteiger partial charge in [-0.15, -0.1) is 0 Å². The summed E-state index contributed by atoms with van der Waals surface area (Å²) in [5.41, 5.74) is 0. The maximum absolute atomic E-state index is 10.6. The third kappa shape index (κ3) is 5.24. The van der Waals surface area contributed by atoms with Crippen LogP contribution in [0, 0.1) is 0 Å². The van der Waals surface area contributed by atoms with Gasteiger partial charge in [0.1, 0.15) is 54.9 Å². The first-order valence-corrected chi connectivity index (χ1v) is 10.4. The molecule has 0 bridgehead atoms. The van der Waals surface area contributed by atoms with Gasteiger partial charge in [-0.2, -0.15) is 0 Å². The van der Waals surface area contributed by atoms with E-state index in [2.05, 4.69) is 5.32 Å². The molecule has 0 aromatic carbocycles. The van der Waals surface area contributed by atoms with Crippen molar-refractivity contribution in [3.05, 3.63) is 0 Å². The first kappa shape index (κ1) is 26.1. The Kier molecular flexibility index (Phi) is 9.15. The van der Waals surface area contributed by atoms with Crippen molar-refractivity contribution < 1.29 is 64.5 Å². The minimum absolute atomic E-state index is 0.125. The molecule has 14 nitrogen and oxygen atoms in total. The predicted octanol–water partition coefficient (Wildman–Crippen LogP) is -6.03. The number of aliphatic hydroxyl groups is 8. The molecule has 0 unspecified atom stereocenters. The highest BCUT2D eigenvalue weighted by atomic mass is 16.7. The van der Waals surface area contributed by atoms with Gasteiger partial charge in [-0.3, -0.25) is 0 Å². The maximum Gasteiger partial charge on any atom is 0.187 e. The summed E-state index contributed by atoms with van der Waals surface area (Å²) in [4.78, 5) is 0. The lowest BCUT2D eigenvalue weighted by molar-refractivity contribution is -0.364. The maximum atomic E-state index is 10.6. The van der Waals surface area contributed by atoms with Gasteiger partial charge in [-0.25, -0.2) is 0 Å². The summed E-state index contributed by atoms with van der Waals surface area (Å²) in [5.74, 6) is 0. The molecule has 0 saturated carbocycles. The van der Waals surface area contributed by atoms with Crippen molar-refractivity contribution in [3.8, 4) is 0 Å². The Hall–Kier alpha value is -0.560. The van der Waals surface area contributed by atoms with Crippen LogP contribution in [0.5, 0.6) is 0 Å². The molecular weight excluding hydrogens is 438 g/mol. The van der Waals surface area contributed by atoms with E-state index in [1.54, 1.807) is 0 Å². The van der Waals surface area contributed by atoms with Gasteiger partial charge in [-0.1, -0.05) is 0 Å². The topological polar surface area (TPSA) is 220 Å². The van der Waals surface area contributed by atoms with Gasteiger partial charge in [0, 0.05) is 13.7 Å². The summed E-state index contributed by atoms with van der Waals surface area (Å²) in [6.07, 6.45) is -16.9. The normalized spacial score (nSPS) is 50.0. The summed E-state index contributed by atoms with van der Waals surface area (Å²) in [5, 5.41) is 83.5. The number of β-amino-alcohol motifs (C(OH)–C–C–N with tert-alkyl or cyclic N) is 1. The fraction of sp³-hybridized carbons (Fsp3) is 1.00. The van der Waals surface area contributed by atoms with E-state index in [9.17, 15) is 40.9 Å². The summed E-state index contributed by atoms with van der Waals surface area (Å²) in [6.45, 7) is -1.01. The lowest BCUT2D eigenvalue weighted by Gasteiger charge is -2.46. The number of nitrogens with one attached hydrogen (secondary N) is 1. The van der Waals surface area contributed by atoms with Crippen LogP contribution in [0.25, 0.3) is 0 Å². The summed E-state index contributed by atoms with van der Waals surface area (Å²) in [6, 6.07) is -0.629. The Morgan fingerprint density at radius 2 is 1.34 bits per heavy atom. The van der Waals surface area contributed by atoms with Crippen molar-refractivity contribution >= 4 is 0 Å². The summed E-state index contributed by atoms with van der Waals surface area (Å²) >= 11 is 0. The molecule has 3 saturated heterocycles. The van der Waals surface area contributed by atoms with Crippen molar-refractivity contribution in [3.63, 3.8) is 0 Å². The number of ether oxygens (including phenoxy) is 5. The number of hydrogen-bond donors (Lipinski definition) is 9. The molecule has 14 heteroatoms. The van der Waals surface area contributed by atoms with Crippen LogP contribution in [0.4, 0.5) is 0 Å². The fourth-order valence-electron chi connectivity index (χ4n) is 4.10. The van der Waals surface area contributed by atoms with E-state index in [0.717, 1.165) is 0 Å². The van der Waals surface area contributed by atoms with Gasteiger partial charge in [-0.05, 0) is 0 Å². The molecule has 0 radical (unpaired) electrons. The van der Waals surface area contributed by atoms with E-state index < -0.39 is 86.3 Å². The van der Waals surface area contributed by atoms with E-state index >= 15 is 0 Å². The molecule has 0 aromatic rings. The van der Waals surface area contributed by atoms with Crippen molar-refractivity contribution in [1.82, 2.24) is 5.32 Å². The Balaban J connectivity index is 1.69. The van der Waals surface area contributed by atoms with E-state index in [1.165, 1.54) is 7.11 Å². The van der Waals surface area contributed by atoms with Gasteiger partial charge < -0.3 is 69.9 Å². The van der Waals surface area contributed by atoms with Crippen molar-refractivity contribution in [2.45, 2.75) is 79.7 Å². The minimum atomic E-state index is -1.71. The molecule has 3 heterocycles. The number of rotatable bonds is 8. The predicted molar refractivity (Wildman–Crippen MR) is 101 cm³/mol. The van der Waals surface area contributed by atoms with Crippen LogP contribution in [-0.2, 0) is 23.7 Å². The lowest BCUT2D eigenvalue weighted by atomic mass is 9.97. The summed E-state index contributed by atoms with van der Waals surface area (Å²) < 4.78 is 27.0. The van der Waals surface area contributed by atoms with Crippen LogP contribution < -0.4 is 5.32 Å². The second kappa shape index (κ2) is 11.2. The molecule has 13 atom stereocenters. The average molecular weight is 471 g/mol. The van der Waals surface area contributed by atoms with Crippen LogP contribution in [0.15, 0.2) is 0 Å². The molecule has 3 aliphatic heterocycles. The van der Waals surface area contributed by atoms with Gasteiger partial charge in [0.25, 0.3) is 0 Å². The van der Waals surface area contributed by atoms with Gasteiger partial charge in [0.05, 0.1) is 32.0 Å². The van der Waals surface area contributed by atoms with Crippen LogP contribution >= 0.6 is 0 Å². The Morgan fingerprint density at radius 1 is 0.750 bits per heavy atom. The third-order valence-corrected chi connectivity index (χ3v) is 5.96. The molecule has 0 aromatic heterocycles. The molecule has 3 rings (SSSR count). The van der Waals surface area contributed by atoms with Crippen molar-refractivity contribution in [2.24, 2.45) is 0 Å². The fourth-order valence-corrected chi connectivity index (χ4v) is 4.10. The Morgan fingerprint density at radius 3 is 1.94 bits per heavy atom. The second-order valence-corrected chi connectivity index (χ2v) is 8.14. The highest BCUT2D eigenvalue weighted by Gasteiger charge is 2.52. The van der Waals surface area contributed by atoms with Crippen molar-refractivity contribution in [2.75, 3.05) is 33.5 Å². The molecule has 188 valence electrons. The number of methoxy groups -OCH3 is 1. The molecule has 0 aliphatic carbocycles. The molecule has 3 fully saturated rings. The van der Waals surface area contributed by atoms with Crippen molar-refractivity contribution in [1.29, 1.82) is 0 Å². The van der Waals surface area contributed by atoms with Gasteiger partial charge in [0.2, 0.25) is 0 Å². The van der Waals surface area contributed by atoms with E-state index in [-0.39, 0.29) is 19.8 Å². The third-order valence-electron chi connectivity index (χ3n) is 5.96. The Labute approximate surface area is 183 Å². The van der Waals surface area contributed by atoms with Crippen LogP contribution in [-0.4, -0.2) is 154 Å². The zero-order chi connectivity index (χ0) is 23.6. The highest BCUT2D eigenvalue weighted by Crippen LogP contribution is 2.30. The standard InChI is InChI=1S/C18H33NO13/c1-28-5-9-10(23)11(24)13(26)17(30-9)32-16-8(4-21)29-18(14(27)12(16)25)31-15-6(3-20)19-2-7(15)22/h6-27H,2-5H2,1H3/t6-,7-,8-,9-,10-,11+,12-,13-,14-,15-,16-,17+,18-/m1/s1. The monoisotopic (exact) mass is 471 g/mol. The van der Waals surface area contributed by atoms with E-state index in [0.29, 0.717) is 0 Å². The average Bonchev–Trinajstić information content (AvgIpc) is 3.14. The lowest BCUT2D eigenvalue weighted by Crippen LogP contribution is -2.65. The molecule has 32 heavy (non-hydrogen) atoms. The first-order valence-electron chi connectivity index (χ1n) is 10.4. The number of hydrogen-bond acceptors (Lipinski definition) is 14. The Bertz CT molecular complexity index is 585. The molecule has 0 spiro atoms. The zero-order valence-electron chi connectivity index (χ0n) is 17.5. The van der Waals surface area contributed by atoms with Crippen LogP contribution in [0.1, 0.15) is 0 Å². The number of aliphatic hydroxyl groups excluding tert-OH is 8. The van der Waals surface area contributed by atoms with Gasteiger partial charge >= 0.3 is 0 Å². The molecule has 3 aliphatic rings. The van der Waals surface area contributed by atoms with E-state index in [1.807, 2.05) is 0 Å². The second-order valence-electron chi connectivity index (χ2n) is 8.14. The zero-order valence-corrected chi connectivity index (χ0v) is 17.5. The molecule has 9 N–H and O–H groups in total. The molecule has 0 amide bonds. The molecular formula is C18H33NO13. The highest BCUT2D eigenvalue weighted by molar-refractivity contribution is 4.96. The minimum Gasteiger partial charge on any atom is -0.395 e.